The third-order valence-corrected chi connectivity index (χ3v) is 3.52. The van der Waals surface area contributed by atoms with Crippen LogP contribution in [0.2, 0.25) is 0 Å². The summed E-state index contributed by atoms with van der Waals surface area (Å²) in [5, 5.41) is 4.81. The van der Waals surface area contributed by atoms with Crippen LogP contribution in [0.25, 0.3) is 0 Å². The fraction of sp³-hybridized carbons (Fsp3) is 0.278. The highest BCUT2D eigenvalue weighted by Gasteiger charge is 2.14. The minimum Gasteiger partial charge on any atom is -0.334 e. The van der Waals surface area contributed by atoms with Crippen LogP contribution in [0.3, 0.4) is 0 Å². The van der Waals surface area contributed by atoms with Gasteiger partial charge >= 0.3 is 6.03 Å². The van der Waals surface area contributed by atoms with E-state index in [4.69, 9.17) is 0 Å². The lowest BCUT2D eigenvalue weighted by molar-refractivity contribution is 0.241. The lowest BCUT2D eigenvalue weighted by Crippen LogP contribution is -2.42. The molecule has 0 aliphatic heterocycles. The molecular formula is C18H20F3N3O. The van der Waals surface area contributed by atoms with Gasteiger partial charge in [0.1, 0.15) is 5.82 Å². The summed E-state index contributed by atoms with van der Waals surface area (Å²) in [6, 6.07) is 9.94. The topological polar surface area (TPSA) is 44.4 Å². The molecule has 2 amide bonds. The molecule has 0 aromatic heterocycles. The quantitative estimate of drug-likeness (QED) is 0.779. The van der Waals surface area contributed by atoms with Gasteiger partial charge < -0.3 is 15.5 Å². The summed E-state index contributed by atoms with van der Waals surface area (Å²) in [6.07, 6.45) is 0. The van der Waals surface area contributed by atoms with Crippen molar-refractivity contribution in [2.24, 2.45) is 0 Å². The molecule has 4 nitrogen and oxygen atoms in total. The SMILES string of the molecule is C[C@H](CN(C)Cc1ccccc1)NC(=O)Nc1cc(F)c(F)cc1F. The van der Waals surface area contributed by atoms with Crippen LogP contribution in [-0.4, -0.2) is 30.6 Å². The molecule has 0 radical (unpaired) electrons. The van der Waals surface area contributed by atoms with Crippen LogP contribution in [-0.2, 0) is 6.54 Å². The van der Waals surface area contributed by atoms with Crippen LogP contribution in [0.15, 0.2) is 42.5 Å². The fourth-order valence-electron chi connectivity index (χ4n) is 2.47. The van der Waals surface area contributed by atoms with Crippen molar-refractivity contribution >= 4 is 11.7 Å². The lowest BCUT2D eigenvalue weighted by atomic mass is 10.2. The Kier molecular flexibility index (Phi) is 6.41. The van der Waals surface area contributed by atoms with Crippen LogP contribution < -0.4 is 10.6 Å². The van der Waals surface area contributed by atoms with E-state index in [9.17, 15) is 18.0 Å². The molecule has 7 heteroatoms. The number of anilines is 1. The van der Waals surface area contributed by atoms with E-state index in [1.807, 2.05) is 42.3 Å². The van der Waals surface area contributed by atoms with Crippen LogP contribution in [0.5, 0.6) is 0 Å². The van der Waals surface area contributed by atoms with E-state index in [2.05, 4.69) is 10.6 Å². The molecule has 0 saturated heterocycles. The molecule has 0 saturated carbocycles. The molecule has 134 valence electrons. The summed E-state index contributed by atoms with van der Waals surface area (Å²) in [5.74, 6) is -3.57. The summed E-state index contributed by atoms with van der Waals surface area (Å²) in [6.45, 7) is 3.07. The smallest absolute Gasteiger partial charge is 0.319 e. The standard InChI is InChI=1S/C18H20F3N3O/c1-12(10-24(2)11-13-6-4-3-5-7-13)22-18(25)23-17-9-15(20)14(19)8-16(17)21/h3-9,12H,10-11H2,1-2H3,(H2,22,23,25)/t12-/m1/s1. The largest absolute Gasteiger partial charge is 0.334 e. The van der Waals surface area contributed by atoms with E-state index in [1.54, 1.807) is 6.92 Å². The first-order valence-electron chi connectivity index (χ1n) is 7.79. The van der Waals surface area contributed by atoms with Gasteiger partial charge in [-0.15, -0.1) is 0 Å². The molecule has 0 unspecified atom stereocenters. The van der Waals surface area contributed by atoms with Crippen LogP contribution in [0, 0.1) is 17.5 Å². The number of hydrogen-bond donors (Lipinski definition) is 2. The average Bonchev–Trinajstić information content (AvgIpc) is 2.53. The maximum atomic E-state index is 13.5. The Hall–Kier alpha value is -2.54. The second-order valence-corrected chi connectivity index (χ2v) is 5.93. The van der Waals surface area contributed by atoms with Crippen molar-refractivity contribution in [1.29, 1.82) is 0 Å². The zero-order valence-corrected chi connectivity index (χ0v) is 14.0. The molecule has 0 spiro atoms. The number of carbonyl (C=O) groups is 1. The monoisotopic (exact) mass is 351 g/mol. The summed E-state index contributed by atoms with van der Waals surface area (Å²) >= 11 is 0. The van der Waals surface area contributed by atoms with E-state index in [1.165, 1.54) is 0 Å². The second-order valence-electron chi connectivity index (χ2n) is 5.93. The maximum Gasteiger partial charge on any atom is 0.319 e. The summed E-state index contributed by atoms with van der Waals surface area (Å²) in [5.41, 5.74) is 0.728. The zero-order chi connectivity index (χ0) is 18.4. The molecule has 0 aliphatic rings. The molecule has 25 heavy (non-hydrogen) atoms. The molecule has 2 aromatic rings. The van der Waals surface area contributed by atoms with Gasteiger partial charge in [-0.1, -0.05) is 30.3 Å². The Bertz CT molecular complexity index is 725. The van der Waals surface area contributed by atoms with Gasteiger partial charge in [0.25, 0.3) is 0 Å². The van der Waals surface area contributed by atoms with Crippen molar-refractivity contribution in [2.45, 2.75) is 19.5 Å². The van der Waals surface area contributed by atoms with Gasteiger partial charge in [0.15, 0.2) is 11.6 Å². The predicted octanol–water partition coefficient (Wildman–Crippen LogP) is 3.75. The second kappa shape index (κ2) is 8.53. The number of hydrogen-bond acceptors (Lipinski definition) is 2. The third kappa shape index (κ3) is 5.79. The van der Waals surface area contributed by atoms with Gasteiger partial charge in [0.05, 0.1) is 5.69 Å². The summed E-state index contributed by atoms with van der Waals surface area (Å²) < 4.78 is 39.5. The minimum atomic E-state index is -1.31. The van der Waals surface area contributed by atoms with Gasteiger partial charge in [0, 0.05) is 31.3 Å². The summed E-state index contributed by atoms with van der Waals surface area (Å²) in [4.78, 5) is 13.9. The van der Waals surface area contributed by atoms with E-state index >= 15 is 0 Å². The highest BCUT2D eigenvalue weighted by Crippen LogP contribution is 2.18. The number of likely N-dealkylation sites (N-methyl/N-ethyl adjacent to an activating group) is 1. The van der Waals surface area contributed by atoms with Crippen molar-refractivity contribution in [2.75, 3.05) is 18.9 Å². The van der Waals surface area contributed by atoms with Crippen LogP contribution >= 0.6 is 0 Å². The maximum absolute atomic E-state index is 13.5. The molecule has 2 rings (SSSR count). The molecule has 0 aliphatic carbocycles. The first-order chi connectivity index (χ1) is 11.8. The van der Waals surface area contributed by atoms with Gasteiger partial charge in [-0.2, -0.15) is 0 Å². The molecule has 0 heterocycles. The minimum absolute atomic E-state index is 0.234. The normalized spacial score (nSPS) is 12.1. The van der Waals surface area contributed by atoms with Crippen molar-refractivity contribution in [3.05, 3.63) is 65.5 Å². The average molecular weight is 351 g/mol. The third-order valence-electron chi connectivity index (χ3n) is 3.52. The molecular weight excluding hydrogens is 331 g/mol. The number of carbonyl (C=O) groups excluding carboxylic acids is 1. The number of nitrogens with zero attached hydrogens (tertiary/aromatic N) is 1. The summed E-state index contributed by atoms with van der Waals surface area (Å²) in [7, 11) is 1.91. The van der Waals surface area contributed by atoms with Crippen LogP contribution in [0.4, 0.5) is 23.7 Å². The van der Waals surface area contributed by atoms with E-state index < -0.39 is 29.2 Å². The number of halogens is 3. The molecule has 1 atom stereocenters. The molecule has 2 N–H and O–H groups in total. The van der Waals surface area contributed by atoms with Crippen molar-refractivity contribution < 1.29 is 18.0 Å². The van der Waals surface area contributed by atoms with Gasteiger partial charge in [-0.3, -0.25) is 0 Å². The number of urea groups is 1. The molecule has 2 aromatic carbocycles. The first kappa shape index (κ1) is 18.8. The first-order valence-corrected chi connectivity index (χ1v) is 7.79. The van der Waals surface area contributed by atoms with Crippen molar-refractivity contribution in [3.63, 3.8) is 0 Å². The highest BCUT2D eigenvalue weighted by atomic mass is 19.2. The zero-order valence-electron chi connectivity index (χ0n) is 14.0. The van der Waals surface area contributed by atoms with E-state index in [0.29, 0.717) is 25.2 Å². The Balaban J connectivity index is 1.84. The number of amides is 2. The number of rotatable bonds is 6. The van der Waals surface area contributed by atoms with Crippen LogP contribution in [0.1, 0.15) is 12.5 Å². The van der Waals surface area contributed by atoms with Gasteiger partial charge in [-0.05, 0) is 19.5 Å². The van der Waals surface area contributed by atoms with E-state index in [0.717, 1.165) is 5.56 Å². The lowest BCUT2D eigenvalue weighted by Gasteiger charge is -2.22. The number of benzene rings is 2. The highest BCUT2D eigenvalue weighted by molar-refractivity contribution is 5.89. The van der Waals surface area contributed by atoms with E-state index in [-0.39, 0.29) is 6.04 Å². The number of nitrogens with one attached hydrogen (secondary N) is 2. The Labute approximate surface area is 144 Å². The Morgan fingerprint density at radius 2 is 1.72 bits per heavy atom. The Morgan fingerprint density at radius 3 is 2.40 bits per heavy atom. The fourth-order valence-corrected chi connectivity index (χ4v) is 2.47. The van der Waals surface area contributed by atoms with Gasteiger partial charge in [0.2, 0.25) is 0 Å². The Morgan fingerprint density at radius 1 is 1.08 bits per heavy atom. The van der Waals surface area contributed by atoms with Gasteiger partial charge in [-0.25, -0.2) is 18.0 Å². The molecule has 0 bridgehead atoms. The molecule has 0 fully saturated rings. The predicted molar refractivity (Wildman–Crippen MR) is 90.7 cm³/mol. The van der Waals surface area contributed by atoms with Crippen molar-refractivity contribution in [1.82, 2.24) is 10.2 Å². The van der Waals surface area contributed by atoms with Crippen molar-refractivity contribution in [3.8, 4) is 0 Å².